The topological polar surface area (TPSA) is 78.1 Å². The van der Waals surface area contributed by atoms with Gasteiger partial charge < -0.3 is 13.9 Å². The van der Waals surface area contributed by atoms with E-state index in [-0.39, 0.29) is 23.1 Å². The summed E-state index contributed by atoms with van der Waals surface area (Å²) in [6.07, 6.45) is 2.86. The van der Waals surface area contributed by atoms with Gasteiger partial charge in [0.15, 0.2) is 5.70 Å². The summed E-state index contributed by atoms with van der Waals surface area (Å²) in [6, 6.07) is 14.8. The van der Waals surface area contributed by atoms with E-state index in [4.69, 9.17) is 25.5 Å². The van der Waals surface area contributed by atoms with Crippen LogP contribution in [0.1, 0.15) is 21.7 Å². The quantitative estimate of drug-likeness (QED) is 0.294. The molecule has 2 aromatic carbocycles. The summed E-state index contributed by atoms with van der Waals surface area (Å²) in [5, 5.41) is 0.562. The summed E-state index contributed by atoms with van der Waals surface area (Å²) < 4.78 is 16.4. The number of hydrogen-bond acceptors (Lipinski definition) is 6. The first-order chi connectivity index (χ1) is 14.0. The van der Waals surface area contributed by atoms with E-state index in [0.29, 0.717) is 16.1 Å². The maximum atomic E-state index is 12.3. The van der Waals surface area contributed by atoms with E-state index in [2.05, 4.69) is 20.9 Å². The summed E-state index contributed by atoms with van der Waals surface area (Å²) in [5.74, 6) is -0.795. The maximum absolute atomic E-state index is 12.3. The van der Waals surface area contributed by atoms with Crippen LogP contribution in [-0.4, -0.2) is 17.8 Å². The highest BCUT2D eigenvalue weighted by molar-refractivity contribution is 9.10. The molecule has 0 saturated carbocycles. The van der Waals surface area contributed by atoms with Gasteiger partial charge in [-0.25, -0.2) is 14.6 Å². The fourth-order valence-electron chi connectivity index (χ4n) is 2.54. The molecule has 1 aliphatic rings. The Labute approximate surface area is 178 Å². The number of nitrogens with zero attached hydrogens (tertiary/aromatic N) is 1. The Morgan fingerprint density at radius 1 is 1.14 bits per heavy atom. The third kappa shape index (κ3) is 4.31. The Balaban J connectivity index is 1.66. The first-order valence-corrected chi connectivity index (χ1v) is 9.50. The summed E-state index contributed by atoms with van der Waals surface area (Å²) in [5.41, 5.74) is 1.15. The fourth-order valence-corrected chi connectivity index (χ4v) is 3.05. The zero-order valence-electron chi connectivity index (χ0n) is 14.6. The molecule has 0 unspecified atom stereocenters. The number of aliphatic imine (C=N–C) groups is 1. The van der Waals surface area contributed by atoms with Gasteiger partial charge in [0.05, 0.1) is 6.26 Å². The van der Waals surface area contributed by atoms with Gasteiger partial charge in [0, 0.05) is 20.6 Å². The van der Waals surface area contributed by atoms with E-state index in [1.165, 1.54) is 18.4 Å². The number of carbonyl (C=O) groups is 2. The Morgan fingerprint density at radius 2 is 1.93 bits per heavy atom. The van der Waals surface area contributed by atoms with Crippen LogP contribution in [0.4, 0.5) is 0 Å². The minimum atomic E-state index is -0.656. The van der Waals surface area contributed by atoms with Crippen LogP contribution >= 0.6 is 27.5 Å². The molecule has 6 nitrogen and oxygen atoms in total. The van der Waals surface area contributed by atoms with Gasteiger partial charge in [0.25, 0.3) is 0 Å². The maximum Gasteiger partial charge on any atom is 0.379 e. The first-order valence-electron chi connectivity index (χ1n) is 8.33. The molecular formula is C21H11BrClNO5. The molecule has 0 bridgehead atoms. The molecule has 0 saturated heterocycles. The molecule has 0 aliphatic carbocycles. The number of cyclic esters (lactones) is 1. The predicted molar refractivity (Wildman–Crippen MR) is 110 cm³/mol. The Morgan fingerprint density at radius 3 is 2.66 bits per heavy atom. The van der Waals surface area contributed by atoms with Gasteiger partial charge in [-0.05, 0) is 60.7 Å². The summed E-state index contributed by atoms with van der Waals surface area (Å²) in [6.45, 7) is 0. The van der Waals surface area contributed by atoms with Gasteiger partial charge >= 0.3 is 11.9 Å². The largest absolute Gasteiger partial charge is 0.457 e. The minimum absolute atomic E-state index is 0.0647. The molecule has 2 heterocycles. The second-order valence-electron chi connectivity index (χ2n) is 5.89. The minimum Gasteiger partial charge on any atom is -0.457 e. The van der Waals surface area contributed by atoms with Crippen molar-refractivity contribution in [3.8, 4) is 5.75 Å². The van der Waals surface area contributed by atoms with Crippen LogP contribution in [0.25, 0.3) is 6.08 Å². The van der Waals surface area contributed by atoms with Crippen molar-refractivity contribution in [3.05, 3.63) is 92.9 Å². The van der Waals surface area contributed by atoms with Crippen molar-refractivity contribution >= 4 is 51.4 Å². The molecule has 1 aliphatic heterocycles. The Kier molecular flexibility index (Phi) is 5.33. The molecule has 8 heteroatoms. The number of hydrogen-bond donors (Lipinski definition) is 0. The standard InChI is InChI=1S/C21H11BrClNO5/c22-14-5-8-17(28-21(26)18-2-1-9-27-18)13(10-14)11-16-20(25)29-19(24-16)12-3-6-15(23)7-4-12/h1-11H/b16-11+. The number of furan rings is 1. The molecule has 0 amide bonds. The van der Waals surface area contributed by atoms with Crippen LogP contribution in [0.2, 0.25) is 5.02 Å². The van der Waals surface area contributed by atoms with E-state index >= 15 is 0 Å². The van der Waals surface area contributed by atoms with Crippen molar-refractivity contribution in [2.75, 3.05) is 0 Å². The van der Waals surface area contributed by atoms with Crippen LogP contribution < -0.4 is 4.74 Å². The van der Waals surface area contributed by atoms with Crippen LogP contribution in [0.15, 0.2) is 80.4 Å². The van der Waals surface area contributed by atoms with Crippen LogP contribution in [0.5, 0.6) is 5.75 Å². The van der Waals surface area contributed by atoms with Crippen LogP contribution in [0.3, 0.4) is 0 Å². The third-order valence-corrected chi connectivity index (χ3v) is 4.65. The molecule has 4 rings (SSSR count). The molecule has 3 aromatic rings. The van der Waals surface area contributed by atoms with E-state index in [9.17, 15) is 9.59 Å². The van der Waals surface area contributed by atoms with Crippen molar-refractivity contribution in [1.29, 1.82) is 0 Å². The lowest BCUT2D eigenvalue weighted by molar-refractivity contribution is -0.129. The smallest absolute Gasteiger partial charge is 0.379 e. The summed E-state index contributed by atoms with van der Waals surface area (Å²) in [7, 11) is 0. The lowest BCUT2D eigenvalue weighted by atomic mass is 10.1. The SMILES string of the molecule is O=C1OC(c2ccc(Cl)cc2)=N/C1=C/c1cc(Br)ccc1OC(=O)c1ccco1. The number of rotatable bonds is 4. The number of halogens is 2. The molecule has 144 valence electrons. The van der Waals surface area contributed by atoms with Gasteiger partial charge in [-0.2, -0.15) is 0 Å². The molecule has 0 spiro atoms. The highest BCUT2D eigenvalue weighted by Gasteiger charge is 2.25. The van der Waals surface area contributed by atoms with Crippen LogP contribution in [-0.2, 0) is 9.53 Å². The van der Waals surface area contributed by atoms with Crippen molar-refractivity contribution in [2.45, 2.75) is 0 Å². The van der Waals surface area contributed by atoms with Gasteiger partial charge in [0.1, 0.15) is 5.75 Å². The van der Waals surface area contributed by atoms with Crippen LogP contribution in [0, 0.1) is 0 Å². The van der Waals surface area contributed by atoms with Gasteiger partial charge in [-0.3, -0.25) is 0 Å². The molecule has 0 fully saturated rings. The van der Waals surface area contributed by atoms with Gasteiger partial charge in [-0.1, -0.05) is 27.5 Å². The molecule has 1 aromatic heterocycles. The second kappa shape index (κ2) is 8.06. The average Bonchev–Trinajstić information content (AvgIpc) is 3.35. The monoisotopic (exact) mass is 471 g/mol. The normalized spacial score (nSPS) is 14.6. The lowest BCUT2D eigenvalue weighted by Gasteiger charge is -2.07. The Hall–Kier alpha value is -3.16. The van der Waals surface area contributed by atoms with E-state index in [1.54, 1.807) is 48.5 Å². The van der Waals surface area contributed by atoms with Crippen molar-refractivity contribution in [1.82, 2.24) is 0 Å². The van der Waals surface area contributed by atoms with Crippen molar-refractivity contribution < 1.29 is 23.5 Å². The highest BCUT2D eigenvalue weighted by atomic mass is 79.9. The first kappa shape index (κ1) is 19.2. The van der Waals surface area contributed by atoms with E-state index in [1.807, 2.05) is 0 Å². The highest BCUT2D eigenvalue weighted by Crippen LogP contribution is 2.28. The third-order valence-electron chi connectivity index (χ3n) is 3.90. The number of carbonyl (C=O) groups excluding carboxylic acids is 2. The average molecular weight is 473 g/mol. The number of esters is 2. The Bertz CT molecular complexity index is 1150. The molecule has 0 atom stereocenters. The predicted octanol–water partition coefficient (Wildman–Crippen LogP) is 5.26. The van der Waals surface area contributed by atoms with E-state index < -0.39 is 11.9 Å². The second-order valence-corrected chi connectivity index (χ2v) is 7.24. The van der Waals surface area contributed by atoms with Gasteiger partial charge in [0.2, 0.25) is 11.7 Å². The zero-order valence-corrected chi connectivity index (χ0v) is 16.9. The molecule has 0 N–H and O–H groups in total. The molecule has 29 heavy (non-hydrogen) atoms. The fraction of sp³-hybridized carbons (Fsp3) is 0. The number of ether oxygens (including phenoxy) is 2. The van der Waals surface area contributed by atoms with E-state index in [0.717, 1.165) is 4.47 Å². The molecular weight excluding hydrogens is 462 g/mol. The zero-order chi connectivity index (χ0) is 20.4. The lowest BCUT2D eigenvalue weighted by Crippen LogP contribution is -2.08. The summed E-state index contributed by atoms with van der Waals surface area (Å²) in [4.78, 5) is 28.7. The van der Waals surface area contributed by atoms with Gasteiger partial charge in [-0.15, -0.1) is 0 Å². The van der Waals surface area contributed by atoms with Crippen molar-refractivity contribution in [2.24, 2.45) is 4.99 Å². The number of benzene rings is 2. The summed E-state index contributed by atoms with van der Waals surface area (Å²) >= 11 is 9.25. The molecule has 0 radical (unpaired) electrons. The van der Waals surface area contributed by atoms with Crippen molar-refractivity contribution in [3.63, 3.8) is 0 Å².